The Labute approximate surface area is 50.6 Å². The van der Waals surface area contributed by atoms with E-state index in [1.165, 1.54) is 0 Å². The van der Waals surface area contributed by atoms with E-state index >= 15 is 0 Å². The molecule has 0 heterocycles. The molecule has 1 rings (SSSR count). The molecular weight excluding hydrogens is 128 g/mol. The Kier molecular flexibility index (Phi) is 1.12. The van der Waals surface area contributed by atoms with E-state index in [0.29, 0.717) is 0 Å². The Hall–Kier alpha value is -0.800. The highest BCUT2D eigenvalue weighted by Crippen LogP contribution is 2.49. The number of aliphatic imine (C=N–C) groups is 1. The minimum absolute atomic E-state index is 0.356. The van der Waals surface area contributed by atoms with Crippen molar-refractivity contribution in [3.05, 3.63) is 0 Å². The summed E-state index contributed by atoms with van der Waals surface area (Å²) >= 11 is 0. The SMILES string of the molecule is C=NC(=O)[C@@H]1CC1(F)F. The van der Waals surface area contributed by atoms with Crippen LogP contribution in [0.25, 0.3) is 0 Å². The van der Waals surface area contributed by atoms with E-state index < -0.39 is 17.7 Å². The quantitative estimate of drug-likeness (QED) is 0.488. The molecule has 0 bridgehead atoms. The number of rotatable bonds is 1. The second kappa shape index (κ2) is 1.59. The molecule has 1 saturated carbocycles. The Morgan fingerprint density at radius 1 is 1.78 bits per heavy atom. The van der Waals surface area contributed by atoms with Gasteiger partial charge in [-0.15, -0.1) is 0 Å². The summed E-state index contributed by atoms with van der Waals surface area (Å²) in [5.41, 5.74) is 0. The molecule has 50 valence electrons. The molecule has 1 atom stereocenters. The number of halogens is 2. The van der Waals surface area contributed by atoms with Crippen molar-refractivity contribution in [3.63, 3.8) is 0 Å². The van der Waals surface area contributed by atoms with E-state index in [4.69, 9.17) is 0 Å². The van der Waals surface area contributed by atoms with Gasteiger partial charge < -0.3 is 0 Å². The largest absolute Gasteiger partial charge is 0.272 e. The molecule has 4 heteroatoms. The fourth-order valence-electron chi connectivity index (χ4n) is 0.591. The molecule has 2 nitrogen and oxygen atoms in total. The summed E-state index contributed by atoms with van der Waals surface area (Å²) in [5.74, 6) is -4.76. The number of carbonyl (C=O) groups excluding carboxylic acids is 1. The number of hydrogen-bond acceptors (Lipinski definition) is 1. The number of nitrogens with zero attached hydrogens (tertiary/aromatic N) is 1. The molecule has 1 aliphatic carbocycles. The molecule has 0 aromatic rings. The summed E-state index contributed by atoms with van der Waals surface area (Å²) in [6.45, 7) is 2.85. The van der Waals surface area contributed by atoms with E-state index in [-0.39, 0.29) is 6.42 Å². The molecule has 0 aliphatic heterocycles. The third-order valence-corrected chi connectivity index (χ3v) is 1.28. The number of carbonyl (C=O) groups is 1. The number of amides is 1. The van der Waals surface area contributed by atoms with Crippen molar-refractivity contribution >= 4 is 12.6 Å². The number of hydrogen-bond donors (Lipinski definition) is 0. The molecule has 9 heavy (non-hydrogen) atoms. The standard InChI is InChI=1S/C5H5F2NO/c1-8-4(9)3-2-5(3,6)7/h3H,1-2H2/t3-/m0/s1. The first kappa shape index (κ1) is 6.32. The highest BCUT2D eigenvalue weighted by Gasteiger charge is 2.61. The Bertz CT molecular complexity index is 166. The summed E-state index contributed by atoms with van der Waals surface area (Å²) in [7, 11) is 0. The van der Waals surface area contributed by atoms with Crippen LogP contribution in [0, 0.1) is 5.92 Å². The van der Waals surface area contributed by atoms with Crippen LogP contribution in [-0.4, -0.2) is 18.5 Å². The van der Waals surface area contributed by atoms with Gasteiger partial charge in [0.1, 0.15) is 5.92 Å². The summed E-state index contributed by atoms with van der Waals surface area (Å²) in [6, 6.07) is 0. The van der Waals surface area contributed by atoms with Gasteiger partial charge >= 0.3 is 0 Å². The maximum Gasteiger partial charge on any atom is 0.260 e. The van der Waals surface area contributed by atoms with Gasteiger partial charge in [0, 0.05) is 6.42 Å². The monoisotopic (exact) mass is 133 g/mol. The predicted octanol–water partition coefficient (Wildman–Crippen LogP) is 0.869. The molecule has 0 saturated heterocycles. The van der Waals surface area contributed by atoms with Crippen LogP contribution in [0.5, 0.6) is 0 Å². The smallest absolute Gasteiger partial charge is 0.260 e. The third kappa shape index (κ3) is 0.966. The van der Waals surface area contributed by atoms with E-state index in [0.717, 1.165) is 0 Å². The Morgan fingerprint density at radius 3 is 2.33 bits per heavy atom. The lowest BCUT2D eigenvalue weighted by Crippen LogP contribution is -2.03. The van der Waals surface area contributed by atoms with Crippen LogP contribution in [-0.2, 0) is 4.79 Å². The topological polar surface area (TPSA) is 29.4 Å². The van der Waals surface area contributed by atoms with E-state index in [9.17, 15) is 13.6 Å². The van der Waals surface area contributed by atoms with Gasteiger partial charge in [-0.3, -0.25) is 4.79 Å². The third-order valence-electron chi connectivity index (χ3n) is 1.28. The van der Waals surface area contributed by atoms with Gasteiger partial charge in [0.25, 0.3) is 11.8 Å². The van der Waals surface area contributed by atoms with Gasteiger partial charge in [0.05, 0.1) is 0 Å². The van der Waals surface area contributed by atoms with Crippen LogP contribution in [0.15, 0.2) is 4.99 Å². The average molecular weight is 133 g/mol. The predicted molar refractivity (Wildman–Crippen MR) is 27.6 cm³/mol. The van der Waals surface area contributed by atoms with Crippen molar-refractivity contribution in [2.24, 2.45) is 10.9 Å². The number of alkyl halides is 2. The minimum atomic E-state index is -2.79. The van der Waals surface area contributed by atoms with Gasteiger partial charge in [0.15, 0.2) is 0 Å². The summed E-state index contributed by atoms with van der Waals surface area (Å²) < 4.78 is 23.9. The molecule has 1 fully saturated rings. The van der Waals surface area contributed by atoms with Crippen molar-refractivity contribution in [3.8, 4) is 0 Å². The fourth-order valence-corrected chi connectivity index (χ4v) is 0.591. The summed E-state index contributed by atoms with van der Waals surface area (Å²) in [5, 5.41) is 0. The van der Waals surface area contributed by atoms with Crippen molar-refractivity contribution in [2.75, 3.05) is 0 Å². The zero-order valence-electron chi connectivity index (χ0n) is 4.60. The molecule has 1 amide bonds. The average Bonchev–Trinajstić information content (AvgIpc) is 2.38. The van der Waals surface area contributed by atoms with Crippen LogP contribution in [0.4, 0.5) is 8.78 Å². The molecular formula is C5H5F2NO. The maximum atomic E-state index is 11.9. The lowest BCUT2D eigenvalue weighted by molar-refractivity contribution is -0.120. The highest BCUT2D eigenvalue weighted by molar-refractivity contribution is 5.86. The maximum absolute atomic E-state index is 11.9. The molecule has 0 spiro atoms. The summed E-state index contributed by atoms with van der Waals surface area (Å²) in [4.78, 5) is 13.2. The van der Waals surface area contributed by atoms with Gasteiger partial charge in [0.2, 0.25) is 0 Å². The molecule has 0 N–H and O–H groups in total. The van der Waals surface area contributed by atoms with Crippen LogP contribution in [0.2, 0.25) is 0 Å². The van der Waals surface area contributed by atoms with Crippen LogP contribution < -0.4 is 0 Å². The fraction of sp³-hybridized carbons (Fsp3) is 0.600. The Morgan fingerprint density at radius 2 is 2.22 bits per heavy atom. The highest BCUT2D eigenvalue weighted by atomic mass is 19.3. The van der Waals surface area contributed by atoms with Gasteiger partial charge in [-0.1, -0.05) is 0 Å². The van der Waals surface area contributed by atoms with E-state index in [1.807, 2.05) is 0 Å². The van der Waals surface area contributed by atoms with Gasteiger partial charge in [-0.2, -0.15) is 0 Å². The second-order valence-electron chi connectivity index (χ2n) is 2.01. The first-order chi connectivity index (χ1) is 4.08. The lowest BCUT2D eigenvalue weighted by Gasteiger charge is -1.87. The normalized spacial score (nSPS) is 29.3. The molecule has 1 aliphatic rings. The molecule has 0 radical (unpaired) electrons. The zero-order chi connectivity index (χ0) is 7.07. The van der Waals surface area contributed by atoms with Crippen LogP contribution in [0.1, 0.15) is 6.42 Å². The van der Waals surface area contributed by atoms with Crippen LogP contribution in [0.3, 0.4) is 0 Å². The lowest BCUT2D eigenvalue weighted by atomic mass is 10.4. The second-order valence-corrected chi connectivity index (χ2v) is 2.01. The zero-order valence-corrected chi connectivity index (χ0v) is 4.60. The molecule has 0 aromatic heterocycles. The van der Waals surface area contributed by atoms with Gasteiger partial charge in [-0.25, -0.2) is 13.8 Å². The van der Waals surface area contributed by atoms with Crippen molar-refractivity contribution in [1.82, 2.24) is 0 Å². The van der Waals surface area contributed by atoms with Crippen molar-refractivity contribution in [2.45, 2.75) is 12.3 Å². The van der Waals surface area contributed by atoms with E-state index in [1.54, 1.807) is 0 Å². The first-order valence-electron chi connectivity index (χ1n) is 2.46. The summed E-state index contributed by atoms with van der Waals surface area (Å²) in [6.07, 6.45) is -0.356. The van der Waals surface area contributed by atoms with Crippen molar-refractivity contribution in [1.29, 1.82) is 0 Å². The molecule has 0 aromatic carbocycles. The molecule has 0 unspecified atom stereocenters. The Balaban J connectivity index is 2.52. The first-order valence-corrected chi connectivity index (χ1v) is 2.46. The van der Waals surface area contributed by atoms with Crippen molar-refractivity contribution < 1.29 is 13.6 Å². The minimum Gasteiger partial charge on any atom is -0.272 e. The van der Waals surface area contributed by atoms with Gasteiger partial charge in [-0.05, 0) is 6.72 Å². The van der Waals surface area contributed by atoms with E-state index in [2.05, 4.69) is 11.7 Å². The van der Waals surface area contributed by atoms with Crippen LogP contribution >= 0.6 is 0 Å².